The van der Waals surface area contributed by atoms with E-state index in [4.69, 9.17) is 9.84 Å². The number of carbonyl (C=O) groups excluding carboxylic acids is 1. The van der Waals surface area contributed by atoms with Gasteiger partial charge >= 0.3 is 12.0 Å². The monoisotopic (exact) mass is 414 g/mol. The van der Waals surface area contributed by atoms with Crippen LogP contribution in [0.5, 0.6) is 5.75 Å². The minimum absolute atomic E-state index is 0.107. The largest absolute Gasteiger partial charge is 0.495 e. The minimum Gasteiger partial charge on any atom is -0.495 e. The van der Waals surface area contributed by atoms with Crippen molar-refractivity contribution in [2.75, 3.05) is 25.5 Å². The van der Waals surface area contributed by atoms with Crippen molar-refractivity contribution in [3.63, 3.8) is 0 Å². The Morgan fingerprint density at radius 3 is 2.67 bits per heavy atom. The Balaban J connectivity index is 1.77. The lowest BCUT2D eigenvalue weighted by molar-refractivity contribution is -0.138. The Kier molecular flexibility index (Phi) is 6.89. The van der Waals surface area contributed by atoms with Crippen molar-refractivity contribution in [1.82, 2.24) is 24.6 Å². The van der Waals surface area contributed by atoms with Crippen LogP contribution in [0, 0.1) is 5.92 Å². The predicted molar refractivity (Wildman–Crippen MR) is 111 cm³/mol. The molecule has 3 rings (SSSR count). The molecule has 0 saturated carbocycles. The summed E-state index contributed by atoms with van der Waals surface area (Å²) in [5.41, 5.74) is 1.68. The summed E-state index contributed by atoms with van der Waals surface area (Å²) >= 11 is 0. The lowest BCUT2D eigenvalue weighted by atomic mass is 9.94. The summed E-state index contributed by atoms with van der Waals surface area (Å²) in [5.74, 6) is 0.123. The summed E-state index contributed by atoms with van der Waals surface area (Å²) in [4.78, 5) is 32.5. The van der Waals surface area contributed by atoms with Crippen molar-refractivity contribution in [1.29, 1.82) is 0 Å². The molecule has 10 nitrogen and oxygen atoms in total. The van der Waals surface area contributed by atoms with Crippen LogP contribution in [0.1, 0.15) is 19.3 Å². The fourth-order valence-corrected chi connectivity index (χ4v) is 3.28. The molecule has 1 fully saturated rings. The Morgan fingerprint density at radius 1 is 1.27 bits per heavy atom. The Bertz CT molecular complexity index is 944. The average molecular weight is 414 g/mol. The van der Waals surface area contributed by atoms with Gasteiger partial charge in [-0.25, -0.2) is 9.78 Å². The molecule has 0 bridgehead atoms. The maximum Gasteiger partial charge on any atom is 0.324 e. The van der Waals surface area contributed by atoms with Crippen molar-refractivity contribution in [3.05, 3.63) is 36.9 Å². The third-order valence-corrected chi connectivity index (χ3v) is 4.98. The molecule has 0 unspecified atom stereocenters. The summed E-state index contributed by atoms with van der Waals surface area (Å²) in [6.07, 6.45) is 8.32. The number of aromatic nitrogens is 4. The SMILES string of the molecule is COc1ccc(-c2cnn(C)c2)cnc(NC(=O)N2CCC(CC(=O)O)CC2)[nH]c1. The quantitative estimate of drug-likeness (QED) is 0.691. The van der Waals surface area contributed by atoms with E-state index in [1.807, 2.05) is 19.3 Å². The average Bonchev–Trinajstić information content (AvgIpc) is 3.18. The molecule has 3 N–H and O–H groups in total. The smallest absolute Gasteiger partial charge is 0.324 e. The van der Waals surface area contributed by atoms with Crippen molar-refractivity contribution in [2.24, 2.45) is 13.0 Å². The number of ether oxygens (including phenoxy) is 1. The lowest BCUT2D eigenvalue weighted by Gasteiger charge is -2.31. The first-order valence-electron chi connectivity index (χ1n) is 9.68. The van der Waals surface area contributed by atoms with E-state index in [9.17, 15) is 9.59 Å². The first-order valence-corrected chi connectivity index (χ1v) is 9.68. The van der Waals surface area contributed by atoms with Crippen LogP contribution in [0.15, 0.2) is 36.9 Å². The minimum atomic E-state index is -0.799. The number of likely N-dealkylation sites (tertiary alicyclic amines) is 1. The standard InChI is InChI=1S/C20H26N6O4/c1-25-13-16(11-23-25)15-3-4-17(30-2)12-22-19(21-10-15)24-20(29)26-7-5-14(6-8-26)9-18(27)28/h3-4,10-14H,5-9H2,1-2H3,(H,27,28)(H2,21,22,24,29). The van der Waals surface area contributed by atoms with Crippen molar-refractivity contribution in [2.45, 2.75) is 19.3 Å². The van der Waals surface area contributed by atoms with Crippen LogP contribution in [0.2, 0.25) is 0 Å². The molecule has 0 spiro atoms. The van der Waals surface area contributed by atoms with Crippen LogP contribution in [0.25, 0.3) is 11.1 Å². The van der Waals surface area contributed by atoms with Crippen LogP contribution in [-0.4, -0.2) is 62.0 Å². The molecule has 0 aromatic carbocycles. The molecule has 0 aliphatic carbocycles. The van der Waals surface area contributed by atoms with E-state index in [1.54, 1.807) is 41.3 Å². The van der Waals surface area contributed by atoms with E-state index in [2.05, 4.69) is 20.4 Å². The number of nitrogens with zero attached hydrogens (tertiary/aromatic N) is 4. The molecule has 2 aromatic heterocycles. The molecule has 1 saturated heterocycles. The Labute approximate surface area is 174 Å². The van der Waals surface area contributed by atoms with Crippen molar-refractivity contribution >= 4 is 17.9 Å². The number of rotatable bonds is 5. The molecular weight excluding hydrogens is 388 g/mol. The van der Waals surface area contributed by atoms with E-state index in [0.717, 1.165) is 11.1 Å². The molecule has 10 heteroatoms. The van der Waals surface area contributed by atoms with Gasteiger partial charge in [0.05, 0.1) is 13.3 Å². The number of anilines is 1. The van der Waals surface area contributed by atoms with Gasteiger partial charge in [-0.2, -0.15) is 5.10 Å². The number of urea groups is 1. The van der Waals surface area contributed by atoms with Crippen molar-refractivity contribution in [3.8, 4) is 16.9 Å². The first-order chi connectivity index (χ1) is 14.4. The number of hydrogen-bond donors (Lipinski definition) is 3. The van der Waals surface area contributed by atoms with Crippen LogP contribution in [0.3, 0.4) is 0 Å². The molecule has 2 aromatic rings. The molecule has 0 radical (unpaired) electrons. The first kappa shape index (κ1) is 21.2. The second-order valence-corrected chi connectivity index (χ2v) is 7.15. The summed E-state index contributed by atoms with van der Waals surface area (Å²) in [7, 11) is 3.39. The number of hydrogen-bond acceptors (Lipinski definition) is 5. The number of methoxy groups -OCH3 is 1. The van der Waals surface area contributed by atoms with Gasteiger partial charge in [-0.1, -0.05) is 0 Å². The highest BCUT2D eigenvalue weighted by atomic mass is 16.5. The summed E-state index contributed by atoms with van der Waals surface area (Å²) in [6, 6.07) is 3.36. The number of aliphatic carboxylic acids is 1. The molecule has 0 atom stereocenters. The van der Waals surface area contributed by atoms with E-state index >= 15 is 0 Å². The Morgan fingerprint density at radius 2 is 2.03 bits per heavy atom. The number of carbonyl (C=O) groups is 2. The van der Waals surface area contributed by atoms with Gasteiger partial charge in [0.25, 0.3) is 0 Å². The van der Waals surface area contributed by atoms with Crippen molar-refractivity contribution < 1.29 is 19.4 Å². The highest BCUT2D eigenvalue weighted by Gasteiger charge is 2.24. The normalized spacial score (nSPS) is 14.1. The number of carboxylic acids is 1. The lowest BCUT2D eigenvalue weighted by Crippen LogP contribution is -2.41. The number of piperidine rings is 1. The van der Waals surface area contributed by atoms with Gasteiger partial charge in [0.1, 0.15) is 5.75 Å². The van der Waals surface area contributed by atoms with Gasteiger partial charge in [-0.05, 0) is 30.9 Å². The van der Waals surface area contributed by atoms with E-state index in [0.29, 0.717) is 31.7 Å². The van der Waals surface area contributed by atoms with Gasteiger partial charge in [0.15, 0.2) is 0 Å². The van der Waals surface area contributed by atoms with E-state index in [1.165, 1.54) is 0 Å². The zero-order chi connectivity index (χ0) is 21.5. The molecule has 30 heavy (non-hydrogen) atoms. The molecule has 3 heterocycles. The van der Waals surface area contributed by atoms with Gasteiger partial charge in [0.2, 0.25) is 5.95 Å². The fraction of sp³-hybridized carbons (Fsp3) is 0.400. The van der Waals surface area contributed by atoms with E-state index in [-0.39, 0.29) is 24.3 Å². The van der Waals surface area contributed by atoms with Crippen LogP contribution < -0.4 is 10.1 Å². The number of carboxylic acid groups (broad SMARTS) is 1. The molecular formula is C20H26N6O4. The summed E-state index contributed by atoms with van der Waals surface area (Å²) < 4.78 is 7.02. The number of aromatic amines is 1. The van der Waals surface area contributed by atoms with Gasteiger partial charge in [-0.15, -0.1) is 0 Å². The zero-order valence-corrected chi connectivity index (χ0v) is 17.0. The summed E-state index contributed by atoms with van der Waals surface area (Å²) in [6.45, 7) is 1.02. The van der Waals surface area contributed by atoms with Gasteiger partial charge < -0.3 is 19.7 Å². The zero-order valence-electron chi connectivity index (χ0n) is 17.0. The number of nitrogens with one attached hydrogen (secondary N) is 2. The topological polar surface area (TPSA) is 125 Å². The third-order valence-electron chi connectivity index (χ3n) is 4.98. The second kappa shape index (κ2) is 9.77. The van der Waals surface area contributed by atoms with Crippen LogP contribution >= 0.6 is 0 Å². The maximum absolute atomic E-state index is 12.7. The number of aryl methyl sites for hydroxylation is 1. The van der Waals surface area contributed by atoms with E-state index < -0.39 is 5.97 Å². The Hall–Kier alpha value is -3.56. The number of H-pyrrole nitrogens is 1. The summed E-state index contributed by atoms with van der Waals surface area (Å²) in [5, 5.41) is 15.9. The fourth-order valence-electron chi connectivity index (χ4n) is 3.28. The molecule has 2 amide bonds. The molecule has 1 aliphatic rings. The molecule has 1 aliphatic heterocycles. The predicted octanol–water partition coefficient (Wildman–Crippen LogP) is 2.66. The second-order valence-electron chi connectivity index (χ2n) is 7.15. The highest BCUT2D eigenvalue weighted by molar-refractivity contribution is 5.87. The van der Waals surface area contributed by atoms with Crippen LogP contribution in [0.4, 0.5) is 10.7 Å². The van der Waals surface area contributed by atoms with Gasteiger partial charge in [-0.3, -0.25) is 14.8 Å². The third kappa shape index (κ3) is 5.72. The highest BCUT2D eigenvalue weighted by Crippen LogP contribution is 2.21. The van der Waals surface area contributed by atoms with Crippen LogP contribution in [-0.2, 0) is 11.8 Å². The number of amides is 2. The molecule has 160 valence electrons. The maximum atomic E-state index is 12.7. The van der Waals surface area contributed by atoms with Gasteiger partial charge in [0, 0.05) is 56.3 Å².